The van der Waals surface area contributed by atoms with E-state index < -0.39 is 5.91 Å². The highest BCUT2D eigenvalue weighted by atomic mass is 35.5. The van der Waals surface area contributed by atoms with Crippen LogP contribution in [0, 0.1) is 11.3 Å². The molecule has 0 atom stereocenters. The predicted octanol–water partition coefficient (Wildman–Crippen LogP) is 3.28. The number of carbonyl (C=O) groups is 1. The smallest absolute Gasteiger partial charge is 0.266 e. The van der Waals surface area contributed by atoms with Crippen molar-refractivity contribution in [1.29, 1.82) is 5.26 Å². The molecule has 5 heteroatoms. The third-order valence-electron chi connectivity index (χ3n) is 2.44. The van der Waals surface area contributed by atoms with Crippen LogP contribution in [0.4, 0.5) is 5.69 Å². The first-order valence-electron chi connectivity index (χ1n) is 5.78. The Labute approximate surface area is 121 Å². The fourth-order valence-electron chi connectivity index (χ4n) is 1.54. The van der Waals surface area contributed by atoms with Crippen LogP contribution in [0.5, 0.6) is 0 Å². The lowest BCUT2D eigenvalue weighted by molar-refractivity contribution is -0.112. The number of hydrogen-bond donors (Lipinski definition) is 1. The van der Waals surface area contributed by atoms with Crippen molar-refractivity contribution < 1.29 is 4.79 Å². The summed E-state index contributed by atoms with van der Waals surface area (Å²) in [4.78, 5) is 15.9. The van der Waals surface area contributed by atoms with Gasteiger partial charge in [0.25, 0.3) is 5.91 Å². The Bertz CT molecular complexity index is 690. The number of pyridine rings is 1. The molecule has 0 unspecified atom stereocenters. The van der Waals surface area contributed by atoms with E-state index in [0.717, 1.165) is 0 Å². The van der Waals surface area contributed by atoms with Crippen LogP contribution < -0.4 is 5.32 Å². The van der Waals surface area contributed by atoms with Gasteiger partial charge >= 0.3 is 0 Å². The van der Waals surface area contributed by atoms with E-state index in [-0.39, 0.29) is 5.57 Å². The topological polar surface area (TPSA) is 65.8 Å². The summed E-state index contributed by atoms with van der Waals surface area (Å²) in [6.07, 6.45) is 4.67. The van der Waals surface area contributed by atoms with Crippen LogP contribution in [0.2, 0.25) is 5.02 Å². The molecule has 0 saturated carbocycles. The molecule has 0 aliphatic heterocycles. The van der Waals surface area contributed by atoms with Crippen molar-refractivity contribution in [3.8, 4) is 6.07 Å². The van der Waals surface area contributed by atoms with E-state index in [1.165, 1.54) is 6.08 Å². The molecule has 0 aliphatic rings. The van der Waals surface area contributed by atoms with Crippen LogP contribution in [0.1, 0.15) is 5.56 Å². The van der Waals surface area contributed by atoms with Crippen molar-refractivity contribution in [3.63, 3.8) is 0 Å². The first-order valence-corrected chi connectivity index (χ1v) is 6.15. The van der Waals surface area contributed by atoms with Crippen LogP contribution in [-0.2, 0) is 4.79 Å². The lowest BCUT2D eigenvalue weighted by Crippen LogP contribution is -2.13. The molecule has 0 bridgehead atoms. The van der Waals surface area contributed by atoms with Crippen molar-refractivity contribution >= 4 is 29.3 Å². The van der Waals surface area contributed by atoms with E-state index in [0.29, 0.717) is 16.3 Å². The van der Waals surface area contributed by atoms with Gasteiger partial charge in [0.1, 0.15) is 11.6 Å². The number of hydrogen-bond acceptors (Lipinski definition) is 3. The highest BCUT2D eigenvalue weighted by molar-refractivity contribution is 6.31. The highest BCUT2D eigenvalue weighted by Gasteiger charge is 2.09. The highest BCUT2D eigenvalue weighted by Crippen LogP contribution is 2.16. The van der Waals surface area contributed by atoms with Gasteiger partial charge in [0.2, 0.25) is 0 Å². The number of nitrogens with one attached hydrogen (secondary N) is 1. The van der Waals surface area contributed by atoms with Crippen LogP contribution in [0.3, 0.4) is 0 Å². The molecule has 2 rings (SSSR count). The second-order valence-corrected chi connectivity index (χ2v) is 4.36. The average molecular weight is 284 g/mol. The number of aromatic nitrogens is 1. The zero-order chi connectivity index (χ0) is 14.4. The number of anilines is 1. The minimum absolute atomic E-state index is 0.00187. The maximum Gasteiger partial charge on any atom is 0.266 e. The predicted molar refractivity (Wildman–Crippen MR) is 77.9 cm³/mol. The summed E-state index contributed by atoms with van der Waals surface area (Å²) in [5.74, 6) is -0.487. The number of carbonyl (C=O) groups excluding carboxylic acids is 1. The van der Waals surface area contributed by atoms with Gasteiger partial charge in [0.05, 0.1) is 0 Å². The Hall–Kier alpha value is -2.64. The van der Waals surface area contributed by atoms with Gasteiger partial charge in [-0.25, -0.2) is 0 Å². The fraction of sp³-hybridized carbons (Fsp3) is 0. The van der Waals surface area contributed by atoms with Crippen LogP contribution in [-0.4, -0.2) is 10.9 Å². The molecule has 0 fully saturated rings. The van der Waals surface area contributed by atoms with Crippen molar-refractivity contribution in [3.05, 3.63) is 65.0 Å². The lowest BCUT2D eigenvalue weighted by Gasteiger charge is -2.04. The number of amides is 1. The monoisotopic (exact) mass is 283 g/mol. The molecule has 1 aromatic carbocycles. The zero-order valence-corrected chi connectivity index (χ0v) is 11.1. The third-order valence-corrected chi connectivity index (χ3v) is 2.68. The second-order valence-electron chi connectivity index (χ2n) is 3.92. The van der Waals surface area contributed by atoms with Gasteiger partial charge in [0, 0.05) is 23.1 Å². The first kappa shape index (κ1) is 13.8. The van der Waals surface area contributed by atoms with Gasteiger partial charge in [-0.15, -0.1) is 0 Å². The van der Waals surface area contributed by atoms with E-state index in [4.69, 9.17) is 16.9 Å². The standard InChI is InChI=1S/C15H10ClN3O/c16-13-4-1-5-14(8-13)19-15(20)12(9-17)7-11-3-2-6-18-10-11/h1-8,10H,(H,19,20)/b12-7+. The molecule has 1 N–H and O–H groups in total. The normalized spacial score (nSPS) is 10.7. The molecule has 4 nitrogen and oxygen atoms in total. The molecule has 20 heavy (non-hydrogen) atoms. The summed E-state index contributed by atoms with van der Waals surface area (Å²) in [7, 11) is 0. The van der Waals surface area contributed by atoms with Gasteiger partial charge in [-0.3, -0.25) is 9.78 Å². The van der Waals surface area contributed by atoms with Gasteiger partial charge in [-0.05, 0) is 35.9 Å². The molecule has 98 valence electrons. The number of halogens is 1. The van der Waals surface area contributed by atoms with Crippen LogP contribution in [0.15, 0.2) is 54.4 Å². The molecular weight excluding hydrogens is 274 g/mol. The molecule has 0 spiro atoms. The van der Waals surface area contributed by atoms with Crippen LogP contribution >= 0.6 is 11.6 Å². The van der Waals surface area contributed by atoms with E-state index in [9.17, 15) is 4.79 Å². The number of benzene rings is 1. The minimum atomic E-state index is -0.487. The quantitative estimate of drug-likeness (QED) is 0.694. The SMILES string of the molecule is N#C/C(=C\c1cccnc1)C(=O)Nc1cccc(Cl)c1. The van der Waals surface area contributed by atoms with Crippen molar-refractivity contribution in [2.75, 3.05) is 5.32 Å². The third kappa shape index (κ3) is 3.67. The Morgan fingerprint density at radius 3 is 2.85 bits per heavy atom. The van der Waals surface area contributed by atoms with Crippen molar-refractivity contribution in [2.24, 2.45) is 0 Å². The summed E-state index contributed by atoms with van der Waals surface area (Å²) in [5.41, 5.74) is 1.22. The molecule has 0 aliphatic carbocycles. The second kappa shape index (κ2) is 6.50. The Morgan fingerprint density at radius 1 is 1.35 bits per heavy atom. The van der Waals surface area contributed by atoms with E-state index in [1.54, 1.807) is 48.8 Å². The molecule has 1 aromatic heterocycles. The maximum absolute atomic E-state index is 12.0. The largest absolute Gasteiger partial charge is 0.321 e. The Kier molecular flexibility index (Phi) is 4.48. The van der Waals surface area contributed by atoms with Crippen molar-refractivity contribution in [1.82, 2.24) is 4.98 Å². The minimum Gasteiger partial charge on any atom is -0.321 e. The molecule has 0 saturated heterocycles. The molecular formula is C15H10ClN3O. The van der Waals surface area contributed by atoms with Gasteiger partial charge in [-0.1, -0.05) is 23.7 Å². The molecule has 2 aromatic rings. The number of nitriles is 1. The average Bonchev–Trinajstić information content (AvgIpc) is 2.45. The molecule has 1 amide bonds. The maximum atomic E-state index is 12.0. The van der Waals surface area contributed by atoms with Gasteiger partial charge in [-0.2, -0.15) is 5.26 Å². The number of rotatable bonds is 3. The van der Waals surface area contributed by atoms with Gasteiger partial charge < -0.3 is 5.32 Å². The van der Waals surface area contributed by atoms with E-state index in [2.05, 4.69) is 10.3 Å². The first-order chi connectivity index (χ1) is 9.69. The summed E-state index contributed by atoms with van der Waals surface area (Å²) >= 11 is 5.83. The summed E-state index contributed by atoms with van der Waals surface area (Å²) in [5, 5.41) is 12.2. The zero-order valence-electron chi connectivity index (χ0n) is 10.4. The van der Waals surface area contributed by atoms with Gasteiger partial charge in [0.15, 0.2) is 0 Å². The summed E-state index contributed by atoms with van der Waals surface area (Å²) in [6, 6.07) is 12.1. The molecule has 1 heterocycles. The lowest BCUT2D eigenvalue weighted by atomic mass is 10.1. The Morgan fingerprint density at radius 2 is 2.20 bits per heavy atom. The summed E-state index contributed by atoms with van der Waals surface area (Å²) < 4.78 is 0. The molecule has 0 radical (unpaired) electrons. The number of nitrogens with zero attached hydrogens (tertiary/aromatic N) is 2. The van der Waals surface area contributed by atoms with Crippen LogP contribution in [0.25, 0.3) is 6.08 Å². The van der Waals surface area contributed by atoms with E-state index in [1.807, 2.05) is 6.07 Å². The fourth-order valence-corrected chi connectivity index (χ4v) is 1.73. The van der Waals surface area contributed by atoms with E-state index >= 15 is 0 Å². The summed E-state index contributed by atoms with van der Waals surface area (Å²) in [6.45, 7) is 0. The van der Waals surface area contributed by atoms with Crippen molar-refractivity contribution in [2.45, 2.75) is 0 Å². The Balaban J connectivity index is 2.19.